The van der Waals surface area contributed by atoms with E-state index in [0.29, 0.717) is 19.3 Å². The summed E-state index contributed by atoms with van der Waals surface area (Å²) < 4.78 is 45.6. The Kier molecular flexibility index (Phi) is 7.74. The first-order chi connectivity index (χ1) is 9.59. The van der Waals surface area contributed by atoms with E-state index in [4.69, 9.17) is 4.74 Å². The zero-order valence-corrected chi connectivity index (χ0v) is 12.9. The van der Waals surface area contributed by atoms with Gasteiger partial charge in [-0.3, -0.25) is 9.59 Å². The summed E-state index contributed by atoms with van der Waals surface area (Å²) in [7, 11) is 0. The van der Waals surface area contributed by atoms with Gasteiger partial charge < -0.3 is 9.47 Å². The third-order valence-corrected chi connectivity index (χ3v) is 3.48. The molecule has 0 spiro atoms. The average molecular weight is 312 g/mol. The molecule has 0 radical (unpaired) electrons. The molecule has 7 heteroatoms. The lowest BCUT2D eigenvalue weighted by atomic mass is 9.92. The van der Waals surface area contributed by atoms with Gasteiger partial charge >= 0.3 is 18.1 Å². The molecular formula is C14H23F3O4. The summed E-state index contributed by atoms with van der Waals surface area (Å²) in [5, 5.41) is 0. The van der Waals surface area contributed by atoms with Crippen LogP contribution in [0.4, 0.5) is 13.2 Å². The molecule has 4 nitrogen and oxygen atoms in total. The van der Waals surface area contributed by atoms with Crippen LogP contribution >= 0.6 is 0 Å². The summed E-state index contributed by atoms with van der Waals surface area (Å²) in [5.41, 5.74) is -1.11. The van der Waals surface area contributed by atoms with E-state index >= 15 is 0 Å². The summed E-state index contributed by atoms with van der Waals surface area (Å²) in [6, 6.07) is 0. The normalized spacial score (nSPS) is 13.7. The number of alkyl halides is 3. The number of carbonyl (C=O) groups is 2. The van der Waals surface area contributed by atoms with Gasteiger partial charge in [0, 0.05) is 0 Å². The van der Waals surface area contributed by atoms with E-state index in [0.717, 1.165) is 0 Å². The molecule has 0 fully saturated rings. The van der Waals surface area contributed by atoms with Crippen molar-refractivity contribution in [1.82, 2.24) is 0 Å². The van der Waals surface area contributed by atoms with Crippen molar-refractivity contribution < 1.29 is 32.2 Å². The maximum atomic E-state index is 12.0. The minimum Gasteiger partial charge on any atom is -0.458 e. The van der Waals surface area contributed by atoms with Crippen molar-refractivity contribution in [1.29, 1.82) is 0 Å². The van der Waals surface area contributed by atoms with E-state index in [1.54, 1.807) is 20.8 Å². The number of hydrogen-bond acceptors (Lipinski definition) is 4. The number of carbonyl (C=O) groups excluding carboxylic acids is 2. The largest absolute Gasteiger partial charge is 0.458 e. The Labute approximate surface area is 123 Å². The number of rotatable bonds is 8. The van der Waals surface area contributed by atoms with Crippen LogP contribution in [0.15, 0.2) is 0 Å². The molecule has 21 heavy (non-hydrogen) atoms. The van der Waals surface area contributed by atoms with Crippen LogP contribution < -0.4 is 0 Å². The van der Waals surface area contributed by atoms with Crippen molar-refractivity contribution in [2.24, 2.45) is 5.92 Å². The number of halogens is 3. The molecule has 0 saturated heterocycles. The monoisotopic (exact) mass is 312 g/mol. The van der Waals surface area contributed by atoms with Gasteiger partial charge in [0.1, 0.15) is 5.60 Å². The maximum absolute atomic E-state index is 12.0. The van der Waals surface area contributed by atoms with E-state index in [1.807, 2.05) is 6.92 Å². The maximum Gasteiger partial charge on any atom is 0.422 e. The molecule has 124 valence electrons. The fraction of sp³-hybridized carbons (Fsp3) is 0.857. The molecule has 0 aromatic rings. The van der Waals surface area contributed by atoms with E-state index in [9.17, 15) is 22.8 Å². The van der Waals surface area contributed by atoms with Crippen LogP contribution in [0.1, 0.15) is 53.4 Å². The van der Waals surface area contributed by atoms with Gasteiger partial charge in [-0.05, 0) is 19.3 Å². The first-order valence-corrected chi connectivity index (χ1v) is 7.04. The van der Waals surface area contributed by atoms with Gasteiger partial charge in [-0.2, -0.15) is 13.2 Å². The van der Waals surface area contributed by atoms with Gasteiger partial charge in [-0.1, -0.05) is 27.7 Å². The molecule has 0 aromatic heterocycles. The van der Waals surface area contributed by atoms with Crippen molar-refractivity contribution in [2.45, 2.75) is 65.2 Å². The highest BCUT2D eigenvalue weighted by atomic mass is 19.4. The average Bonchev–Trinajstić information content (AvgIpc) is 2.42. The summed E-state index contributed by atoms with van der Waals surface area (Å²) in [4.78, 5) is 23.4. The molecule has 0 aliphatic heterocycles. The second-order valence-corrected chi connectivity index (χ2v) is 5.07. The van der Waals surface area contributed by atoms with E-state index in [-0.39, 0.29) is 12.3 Å². The van der Waals surface area contributed by atoms with Gasteiger partial charge in [0.2, 0.25) is 0 Å². The minimum absolute atomic E-state index is 0.325. The molecule has 0 bridgehead atoms. The van der Waals surface area contributed by atoms with Gasteiger partial charge in [-0.15, -0.1) is 0 Å². The van der Waals surface area contributed by atoms with Crippen LogP contribution in [0.2, 0.25) is 0 Å². The van der Waals surface area contributed by atoms with Crippen molar-refractivity contribution in [3.8, 4) is 0 Å². The van der Waals surface area contributed by atoms with E-state index < -0.39 is 30.3 Å². The molecule has 0 N–H and O–H groups in total. The van der Waals surface area contributed by atoms with Crippen LogP contribution in [0.3, 0.4) is 0 Å². The Morgan fingerprint density at radius 1 is 1.10 bits per heavy atom. The quantitative estimate of drug-likeness (QED) is 0.642. The van der Waals surface area contributed by atoms with Crippen LogP contribution in [0.25, 0.3) is 0 Å². The highest BCUT2D eigenvalue weighted by Gasteiger charge is 2.37. The summed E-state index contributed by atoms with van der Waals surface area (Å²) in [5.74, 6) is -1.80. The van der Waals surface area contributed by atoms with Gasteiger partial charge in [0.15, 0.2) is 6.61 Å². The summed E-state index contributed by atoms with van der Waals surface area (Å²) in [6.07, 6.45) is -3.71. The first-order valence-electron chi connectivity index (χ1n) is 7.04. The van der Waals surface area contributed by atoms with Crippen LogP contribution in [-0.2, 0) is 19.1 Å². The van der Waals surface area contributed by atoms with Gasteiger partial charge in [-0.25, -0.2) is 0 Å². The summed E-state index contributed by atoms with van der Waals surface area (Å²) >= 11 is 0. The molecule has 1 unspecified atom stereocenters. The number of hydrogen-bond donors (Lipinski definition) is 0. The smallest absolute Gasteiger partial charge is 0.422 e. The highest BCUT2D eigenvalue weighted by Crippen LogP contribution is 2.28. The number of esters is 2. The van der Waals surface area contributed by atoms with Crippen LogP contribution in [0.5, 0.6) is 0 Å². The third kappa shape index (κ3) is 7.34. The second-order valence-electron chi connectivity index (χ2n) is 5.07. The third-order valence-electron chi connectivity index (χ3n) is 3.48. The Balaban J connectivity index is 4.73. The first kappa shape index (κ1) is 19.7. The van der Waals surface area contributed by atoms with Crippen LogP contribution in [-0.4, -0.2) is 30.3 Å². The Morgan fingerprint density at radius 2 is 1.62 bits per heavy atom. The van der Waals surface area contributed by atoms with Gasteiger partial charge in [0.05, 0.1) is 12.3 Å². The fourth-order valence-electron chi connectivity index (χ4n) is 1.64. The van der Waals surface area contributed by atoms with Crippen molar-refractivity contribution in [3.05, 3.63) is 0 Å². The standard InChI is InChI=1S/C14H23F3O4/c1-5-10(4)12(19)21-13(6-2,7-3)8-11(18)20-9-14(15,16)17/h10H,5-9H2,1-4H3. The number of ether oxygens (including phenoxy) is 2. The van der Waals surface area contributed by atoms with Crippen molar-refractivity contribution in [2.75, 3.05) is 6.61 Å². The topological polar surface area (TPSA) is 52.6 Å². The summed E-state index contributed by atoms with van der Waals surface area (Å²) in [6.45, 7) is 5.31. The predicted octanol–water partition coefficient (Wildman–Crippen LogP) is 3.63. The zero-order valence-electron chi connectivity index (χ0n) is 12.9. The molecular weight excluding hydrogens is 289 g/mol. The SMILES string of the molecule is CCC(C)C(=O)OC(CC)(CC)CC(=O)OCC(F)(F)F. The van der Waals surface area contributed by atoms with Crippen molar-refractivity contribution >= 4 is 11.9 Å². The molecule has 0 saturated carbocycles. The fourth-order valence-corrected chi connectivity index (χ4v) is 1.64. The van der Waals surface area contributed by atoms with Gasteiger partial charge in [0.25, 0.3) is 0 Å². The van der Waals surface area contributed by atoms with E-state index in [1.165, 1.54) is 0 Å². The lowest BCUT2D eigenvalue weighted by Crippen LogP contribution is -2.39. The molecule has 0 aliphatic rings. The Hall–Kier alpha value is -1.27. The Morgan fingerprint density at radius 3 is 2.00 bits per heavy atom. The predicted molar refractivity (Wildman–Crippen MR) is 70.5 cm³/mol. The lowest BCUT2D eigenvalue weighted by molar-refractivity contribution is -0.192. The molecule has 1 atom stereocenters. The highest BCUT2D eigenvalue weighted by molar-refractivity contribution is 5.74. The molecule has 0 amide bonds. The molecule has 0 aromatic carbocycles. The van der Waals surface area contributed by atoms with E-state index in [2.05, 4.69) is 4.74 Å². The molecule has 0 aliphatic carbocycles. The molecule has 0 rings (SSSR count). The Bertz CT molecular complexity index is 349. The lowest BCUT2D eigenvalue weighted by Gasteiger charge is -2.31. The molecule has 0 heterocycles. The minimum atomic E-state index is -4.57. The van der Waals surface area contributed by atoms with Crippen molar-refractivity contribution in [3.63, 3.8) is 0 Å². The second kappa shape index (κ2) is 8.24. The zero-order chi connectivity index (χ0) is 16.7. The van der Waals surface area contributed by atoms with Crippen LogP contribution in [0, 0.1) is 5.92 Å².